The maximum Gasteiger partial charge on any atom is 0.314 e. The van der Waals surface area contributed by atoms with Crippen LogP contribution in [-0.2, 0) is 16.0 Å². The van der Waals surface area contributed by atoms with Crippen molar-refractivity contribution in [3.8, 4) is 0 Å². The molecule has 0 fully saturated rings. The fourth-order valence-corrected chi connectivity index (χ4v) is 3.13. The number of hydrogen-bond donors (Lipinski definition) is 3. The van der Waals surface area contributed by atoms with Gasteiger partial charge in [0.15, 0.2) is 0 Å². The molecule has 5 heteroatoms. The third-order valence-corrected chi connectivity index (χ3v) is 4.65. The Bertz CT molecular complexity index is 754. The van der Waals surface area contributed by atoms with Crippen LogP contribution in [0.25, 0.3) is 0 Å². The van der Waals surface area contributed by atoms with Gasteiger partial charge in [0.2, 0.25) is 0 Å². The maximum absolute atomic E-state index is 12.9. The number of carbonyl (C=O) groups is 1. The molecule has 0 radical (unpaired) electrons. The number of ether oxygens (including phenoxy) is 1. The SMILES string of the molecule is Cc1ccc(CC(N)C(O)C(C(=O)OC(C)(C)C)C(N)c2ccccc2)cc1. The molecule has 2 aromatic carbocycles. The number of nitrogens with two attached hydrogens (primary N) is 2. The molecule has 0 bridgehead atoms. The van der Waals surface area contributed by atoms with E-state index >= 15 is 0 Å². The number of hydrogen-bond acceptors (Lipinski definition) is 5. The van der Waals surface area contributed by atoms with E-state index in [2.05, 4.69) is 0 Å². The van der Waals surface area contributed by atoms with Gasteiger partial charge in [0.1, 0.15) is 11.5 Å². The van der Waals surface area contributed by atoms with Gasteiger partial charge in [-0.25, -0.2) is 0 Å². The van der Waals surface area contributed by atoms with Crippen LogP contribution >= 0.6 is 0 Å². The van der Waals surface area contributed by atoms with Crippen molar-refractivity contribution in [2.45, 2.75) is 57.9 Å². The largest absolute Gasteiger partial charge is 0.460 e. The zero-order chi connectivity index (χ0) is 20.9. The Morgan fingerprint density at radius 1 is 1.04 bits per heavy atom. The summed E-state index contributed by atoms with van der Waals surface area (Å²) in [6, 6.07) is 15.8. The van der Waals surface area contributed by atoms with Crippen LogP contribution in [-0.4, -0.2) is 28.8 Å². The maximum atomic E-state index is 12.9. The minimum atomic E-state index is -1.15. The molecule has 4 unspecified atom stereocenters. The molecule has 0 aromatic heterocycles. The van der Waals surface area contributed by atoms with Crippen LogP contribution in [0.1, 0.15) is 43.5 Å². The first-order valence-corrected chi connectivity index (χ1v) is 9.61. The van der Waals surface area contributed by atoms with Gasteiger partial charge in [-0.1, -0.05) is 60.2 Å². The number of aliphatic hydroxyl groups excluding tert-OH is 1. The van der Waals surface area contributed by atoms with Crippen molar-refractivity contribution in [2.24, 2.45) is 17.4 Å². The highest BCUT2D eigenvalue weighted by molar-refractivity contribution is 5.75. The van der Waals surface area contributed by atoms with Crippen molar-refractivity contribution in [1.29, 1.82) is 0 Å². The summed E-state index contributed by atoms with van der Waals surface area (Å²) in [6.07, 6.45) is -0.714. The number of rotatable bonds is 7. The summed E-state index contributed by atoms with van der Waals surface area (Å²) < 4.78 is 5.55. The summed E-state index contributed by atoms with van der Waals surface area (Å²) in [7, 11) is 0. The van der Waals surface area contributed by atoms with Crippen LogP contribution in [0, 0.1) is 12.8 Å². The molecule has 0 heterocycles. The Morgan fingerprint density at radius 2 is 1.61 bits per heavy atom. The predicted molar refractivity (Wildman–Crippen MR) is 112 cm³/mol. The fourth-order valence-electron chi connectivity index (χ4n) is 3.13. The zero-order valence-electron chi connectivity index (χ0n) is 17.1. The van der Waals surface area contributed by atoms with Crippen molar-refractivity contribution in [3.05, 3.63) is 71.3 Å². The van der Waals surface area contributed by atoms with Gasteiger partial charge in [0.25, 0.3) is 0 Å². The summed E-state index contributed by atoms with van der Waals surface area (Å²) in [5.41, 5.74) is 14.9. The molecule has 0 aliphatic rings. The van der Waals surface area contributed by atoms with Crippen LogP contribution in [0.3, 0.4) is 0 Å². The van der Waals surface area contributed by atoms with Gasteiger partial charge in [0.05, 0.1) is 6.10 Å². The molecule has 2 rings (SSSR count). The van der Waals surface area contributed by atoms with Gasteiger partial charge in [-0.15, -0.1) is 0 Å². The quantitative estimate of drug-likeness (QED) is 0.638. The van der Waals surface area contributed by atoms with Gasteiger partial charge < -0.3 is 21.3 Å². The second-order valence-electron chi connectivity index (χ2n) is 8.34. The smallest absolute Gasteiger partial charge is 0.314 e. The first-order chi connectivity index (χ1) is 13.1. The highest BCUT2D eigenvalue weighted by atomic mass is 16.6. The predicted octanol–water partition coefficient (Wildman–Crippen LogP) is 2.88. The Hall–Kier alpha value is -2.21. The standard InChI is InChI=1S/C23H32N2O3/c1-15-10-12-16(13-11-15)14-18(24)21(26)19(22(27)28-23(2,3)4)20(25)17-8-6-5-7-9-17/h5-13,18-21,26H,14,24-25H2,1-4H3. The lowest BCUT2D eigenvalue weighted by molar-refractivity contribution is -0.165. The number of esters is 1. The van der Waals surface area contributed by atoms with Crippen molar-refractivity contribution >= 4 is 5.97 Å². The number of benzene rings is 2. The lowest BCUT2D eigenvalue weighted by atomic mass is 9.84. The van der Waals surface area contributed by atoms with E-state index in [-0.39, 0.29) is 0 Å². The molecule has 4 atom stereocenters. The molecular weight excluding hydrogens is 352 g/mol. The third-order valence-electron chi connectivity index (χ3n) is 4.65. The van der Waals surface area contributed by atoms with Crippen molar-refractivity contribution in [2.75, 3.05) is 0 Å². The average molecular weight is 385 g/mol. The van der Waals surface area contributed by atoms with E-state index < -0.39 is 35.7 Å². The van der Waals surface area contributed by atoms with Crippen LogP contribution in [0.5, 0.6) is 0 Å². The molecule has 2 aromatic rings. The number of aryl methyl sites for hydroxylation is 1. The van der Waals surface area contributed by atoms with Crippen molar-refractivity contribution < 1.29 is 14.6 Å². The van der Waals surface area contributed by atoms with Crippen LogP contribution in [0.4, 0.5) is 0 Å². The molecule has 0 saturated heterocycles. The highest BCUT2D eigenvalue weighted by Gasteiger charge is 2.39. The summed E-state index contributed by atoms with van der Waals surface area (Å²) in [4.78, 5) is 12.9. The van der Waals surface area contributed by atoms with Crippen LogP contribution < -0.4 is 11.5 Å². The second kappa shape index (κ2) is 9.32. The van der Waals surface area contributed by atoms with Crippen molar-refractivity contribution in [1.82, 2.24) is 0 Å². The van der Waals surface area contributed by atoms with Gasteiger partial charge in [-0.2, -0.15) is 0 Å². The normalized spacial score (nSPS) is 16.1. The number of aliphatic hydroxyl groups is 1. The Kier molecular flexibility index (Phi) is 7.35. The van der Waals surface area contributed by atoms with Crippen molar-refractivity contribution in [3.63, 3.8) is 0 Å². The summed E-state index contributed by atoms with van der Waals surface area (Å²) in [5, 5.41) is 11.0. The summed E-state index contributed by atoms with van der Waals surface area (Å²) in [6.45, 7) is 7.37. The van der Waals surface area contributed by atoms with Crippen LogP contribution in [0.15, 0.2) is 54.6 Å². The molecule has 152 valence electrons. The Morgan fingerprint density at radius 3 is 2.14 bits per heavy atom. The van der Waals surface area contributed by atoms with Gasteiger partial charge >= 0.3 is 5.97 Å². The molecule has 0 aliphatic carbocycles. The van der Waals surface area contributed by atoms with Gasteiger partial charge in [0, 0.05) is 12.1 Å². The molecular formula is C23H32N2O3. The minimum Gasteiger partial charge on any atom is -0.460 e. The van der Waals surface area contributed by atoms with E-state index in [9.17, 15) is 9.90 Å². The third kappa shape index (κ3) is 6.16. The van der Waals surface area contributed by atoms with E-state index in [0.717, 1.165) is 16.7 Å². The van der Waals surface area contributed by atoms with E-state index in [0.29, 0.717) is 6.42 Å². The molecule has 28 heavy (non-hydrogen) atoms. The topological polar surface area (TPSA) is 98.6 Å². The summed E-state index contributed by atoms with van der Waals surface area (Å²) in [5.74, 6) is -1.52. The van der Waals surface area contributed by atoms with E-state index in [1.165, 1.54) is 0 Å². The molecule has 0 spiro atoms. The molecule has 0 saturated carbocycles. The molecule has 0 amide bonds. The first kappa shape index (κ1) is 22.1. The summed E-state index contributed by atoms with van der Waals surface area (Å²) >= 11 is 0. The Balaban J connectivity index is 2.25. The second-order valence-corrected chi connectivity index (χ2v) is 8.34. The molecule has 0 aliphatic heterocycles. The van der Waals surface area contributed by atoms with E-state index in [1.807, 2.05) is 61.5 Å². The van der Waals surface area contributed by atoms with Gasteiger partial charge in [-0.3, -0.25) is 4.79 Å². The molecule has 5 nitrogen and oxygen atoms in total. The lowest BCUT2D eigenvalue weighted by Crippen LogP contribution is -2.49. The number of carbonyl (C=O) groups excluding carboxylic acids is 1. The fraction of sp³-hybridized carbons (Fsp3) is 0.435. The first-order valence-electron chi connectivity index (χ1n) is 9.61. The van der Waals surface area contributed by atoms with Crippen LogP contribution in [0.2, 0.25) is 0 Å². The monoisotopic (exact) mass is 384 g/mol. The lowest BCUT2D eigenvalue weighted by Gasteiger charge is -2.33. The average Bonchev–Trinajstić information content (AvgIpc) is 2.62. The van der Waals surface area contributed by atoms with E-state index in [4.69, 9.17) is 16.2 Å². The molecule has 5 N–H and O–H groups in total. The minimum absolute atomic E-state index is 0.433. The van der Waals surface area contributed by atoms with Gasteiger partial charge in [-0.05, 0) is 45.2 Å². The zero-order valence-corrected chi connectivity index (χ0v) is 17.1. The highest BCUT2D eigenvalue weighted by Crippen LogP contribution is 2.28. The Labute approximate surface area is 167 Å². The van der Waals surface area contributed by atoms with E-state index in [1.54, 1.807) is 20.8 Å².